The summed E-state index contributed by atoms with van der Waals surface area (Å²) in [7, 11) is 0.353. The molecule has 0 saturated heterocycles. The van der Waals surface area contributed by atoms with Gasteiger partial charge in [-0.1, -0.05) is 54.6 Å². The number of aryl methyl sites for hydroxylation is 1. The van der Waals surface area contributed by atoms with Gasteiger partial charge in [0.2, 0.25) is 0 Å². The number of ether oxygens (including phenoxy) is 1. The van der Waals surface area contributed by atoms with E-state index >= 15 is 0 Å². The Kier molecular flexibility index (Phi) is 6.66. The number of carboxylic acids is 1. The molecule has 162 valence electrons. The van der Waals surface area contributed by atoms with Crippen LogP contribution in [0.2, 0.25) is 0 Å². The van der Waals surface area contributed by atoms with Crippen LogP contribution in [0.4, 0.5) is 0 Å². The van der Waals surface area contributed by atoms with Crippen molar-refractivity contribution < 1.29 is 18.8 Å². The molecule has 0 spiro atoms. The number of carboxylic acid groups (broad SMARTS) is 1. The van der Waals surface area contributed by atoms with Crippen LogP contribution in [0.25, 0.3) is 21.9 Å². The molecule has 1 N–H and O–H groups in total. The number of aliphatic carboxylic acids is 1. The summed E-state index contributed by atoms with van der Waals surface area (Å²) in [4.78, 5) is 11.8. The van der Waals surface area contributed by atoms with Crippen LogP contribution in [0, 0.1) is 0 Å². The third kappa shape index (κ3) is 5.06. The highest BCUT2D eigenvalue weighted by Gasteiger charge is 2.14. The largest absolute Gasteiger partial charge is 0.497 e. The molecule has 0 bridgehead atoms. The van der Waals surface area contributed by atoms with Crippen molar-refractivity contribution >= 4 is 27.5 Å². The zero-order valence-electron chi connectivity index (χ0n) is 17.8. The molecule has 0 amide bonds. The Hall–Kier alpha value is -3.44. The zero-order chi connectivity index (χ0) is 22.5. The molecule has 0 saturated carbocycles. The lowest BCUT2D eigenvalue weighted by atomic mass is 9.98. The molecule has 32 heavy (non-hydrogen) atoms. The van der Waals surface area contributed by atoms with Crippen molar-refractivity contribution in [2.24, 2.45) is 0 Å². The molecular weight excluding hydrogens is 420 g/mol. The number of fused-ring (bicyclic) bond motifs is 1. The molecule has 0 aliphatic carbocycles. The van der Waals surface area contributed by atoms with Crippen molar-refractivity contribution in [3.05, 3.63) is 96.1 Å². The Morgan fingerprint density at radius 3 is 2.31 bits per heavy atom. The highest BCUT2D eigenvalue weighted by molar-refractivity contribution is 7.84. The summed E-state index contributed by atoms with van der Waals surface area (Å²) in [6, 6.07) is 27.6. The molecule has 0 aliphatic rings. The van der Waals surface area contributed by atoms with Crippen LogP contribution < -0.4 is 4.74 Å². The number of hydrogen-bond donors (Lipinski definition) is 1. The smallest absolute Gasteiger partial charge is 0.303 e. The molecule has 5 heteroatoms. The van der Waals surface area contributed by atoms with Crippen LogP contribution in [0.5, 0.6) is 5.75 Å². The third-order valence-electron chi connectivity index (χ3n) is 5.43. The highest BCUT2D eigenvalue weighted by Crippen LogP contribution is 2.32. The van der Waals surface area contributed by atoms with Crippen molar-refractivity contribution in [1.29, 1.82) is 0 Å². The summed E-state index contributed by atoms with van der Waals surface area (Å²) in [5.74, 6) is 0.322. The SMILES string of the molecule is COc1ccc(CS(=O)c2ccc(CCC(=O)O)cc2-c2ccc3ccccc3c2)cc1. The second-order valence-corrected chi connectivity index (χ2v) is 9.04. The second kappa shape index (κ2) is 9.79. The predicted octanol–water partition coefficient (Wildman–Crippen LogP) is 5.84. The first-order valence-corrected chi connectivity index (χ1v) is 11.7. The van der Waals surface area contributed by atoms with Gasteiger partial charge in [-0.25, -0.2) is 0 Å². The van der Waals surface area contributed by atoms with E-state index in [4.69, 9.17) is 9.84 Å². The fourth-order valence-electron chi connectivity index (χ4n) is 3.72. The minimum absolute atomic E-state index is 0.0610. The highest BCUT2D eigenvalue weighted by atomic mass is 32.2. The predicted molar refractivity (Wildman–Crippen MR) is 128 cm³/mol. The van der Waals surface area contributed by atoms with Crippen LogP contribution in [0.15, 0.2) is 89.8 Å². The van der Waals surface area contributed by atoms with Crippen molar-refractivity contribution in [3.8, 4) is 16.9 Å². The van der Waals surface area contributed by atoms with Gasteiger partial charge in [0.1, 0.15) is 5.75 Å². The summed E-state index contributed by atoms with van der Waals surface area (Å²) < 4.78 is 18.6. The fourth-order valence-corrected chi connectivity index (χ4v) is 5.01. The monoisotopic (exact) mass is 444 g/mol. The number of carbonyl (C=O) groups is 1. The van der Waals surface area contributed by atoms with E-state index in [-0.39, 0.29) is 6.42 Å². The van der Waals surface area contributed by atoms with Crippen LogP contribution >= 0.6 is 0 Å². The first-order valence-electron chi connectivity index (χ1n) is 10.4. The molecule has 4 aromatic rings. The normalized spacial score (nSPS) is 11.9. The van der Waals surface area contributed by atoms with Crippen LogP contribution in [-0.2, 0) is 27.8 Å². The maximum atomic E-state index is 13.4. The Balaban J connectivity index is 1.72. The van der Waals surface area contributed by atoms with E-state index in [2.05, 4.69) is 24.3 Å². The first kappa shape index (κ1) is 21.8. The van der Waals surface area contributed by atoms with Gasteiger partial charge in [-0.05, 0) is 69.8 Å². The molecule has 0 radical (unpaired) electrons. The van der Waals surface area contributed by atoms with Gasteiger partial charge >= 0.3 is 5.97 Å². The summed E-state index contributed by atoms with van der Waals surface area (Å²) in [5, 5.41) is 11.3. The topological polar surface area (TPSA) is 63.6 Å². The molecule has 1 unspecified atom stereocenters. The molecule has 4 rings (SSSR count). The Morgan fingerprint density at radius 2 is 1.59 bits per heavy atom. The number of rotatable bonds is 8. The van der Waals surface area contributed by atoms with Crippen molar-refractivity contribution in [1.82, 2.24) is 0 Å². The van der Waals surface area contributed by atoms with Crippen LogP contribution in [0.1, 0.15) is 17.5 Å². The summed E-state index contributed by atoms with van der Waals surface area (Å²) in [6.07, 6.45) is 0.493. The van der Waals surface area contributed by atoms with Gasteiger partial charge in [-0.15, -0.1) is 0 Å². The van der Waals surface area contributed by atoms with Gasteiger partial charge in [0.15, 0.2) is 0 Å². The standard InChI is InChI=1S/C27H24O4S/c1-31-24-12-6-20(7-13-24)18-32(30)26-14-8-19(9-15-27(28)29)16-25(26)23-11-10-21-4-2-3-5-22(21)17-23/h2-8,10-14,16-17H,9,15,18H2,1H3,(H,28,29). The lowest BCUT2D eigenvalue weighted by Crippen LogP contribution is -2.02. The average molecular weight is 445 g/mol. The van der Waals surface area contributed by atoms with E-state index in [0.29, 0.717) is 12.2 Å². The number of benzene rings is 4. The molecule has 0 fully saturated rings. The zero-order valence-corrected chi connectivity index (χ0v) is 18.6. The van der Waals surface area contributed by atoms with Gasteiger partial charge in [0, 0.05) is 11.3 Å². The van der Waals surface area contributed by atoms with E-state index in [1.807, 2.05) is 60.7 Å². The molecule has 0 aromatic heterocycles. The van der Waals surface area contributed by atoms with E-state index in [9.17, 15) is 9.00 Å². The lowest BCUT2D eigenvalue weighted by Gasteiger charge is -2.13. The minimum atomic E-state index is -1.27. The maximum Gasteiger partial charge on any atom is 0.303 e. The molecule has 4 nitrogen and oxygen atoms in total. The van der Waals surface area contributed by atoms with Crippen LogP contribution in [0.3, 0.4) is 0 Å². The summed E-state index contributed by atoms with van der Waals surface area (Å²) >= 11 is 0. The molecule has 0 aliphatic heterocycles. The first-order chi connectivity index (χ1) is 15.5. The fraction of sp³-hybridized carbons (Fsp3) is 0.148. The molecule has 0 heterocycles. The Bertz CT molecular complexity index is 1280. The third-order valence-corrected chi connectivity index (χ3v) is 6.88. The minimum Gasteiger partial charge on any atom is -0.497 e. The van der Waals surface area contributed by atoms with E-state index in [1.54, 1.807) is 7.11 Å². The summed E-state index contributed by atoms with van der Waals surface area (Å²) in [5.41, 5.74) is 3.73. The van der Waals surface area contributed by atoms with Gasteiger partial charge < -0.3 is 9.84 Å². The molecule has 4 aromatic carbocycles. The molecular formula is C27H24O4S. The lowest BCUT2D eigenvalue weighted by molar-refractivity contribution is -0.136. The molecule has 1 atom stereocenters. The Morgan fingerprint density at radius 1 is 0.875 bits per heavy atom. The van der Waals surface area contributed by atoms with Crippen LogP contribution in [-0.4, -0.2) is 22.4 Å². The quantitative estimate of drug-likeness (QED) is 0.371. The van der Waals surface area contributed by atoms with E-state index in [0.717, 1.165) is 43.7 Å². The van der Waals surface area contributed by atoms with Gasteiger partial charge in [0.25, 0.3) is 0 Å². The number of methoxy groups -OCH3 is 1. The van der Waals surface area contributed by atoms with Gasteiger partial charge in [0.05, 0.1) is 23.7 Å². The van der Waals surface area contributed by atoms with Crippen molar-refractivity contribution in [3.63, 3.8) is 0 Å². The average Bonchev–Trinajstić information content (AvgIpc) is 2.82. The van der Waals surface area contributed by atoms with Gasteiger partial charge in [-0.2, -0.15) is 0 Å². The number of hydrogen-bond acceptors (Lipinski definition) is 3. The van der Waals surface area contributed by atoms with E-state index in [1.165, 1.54) is 0 Å². The summed E-state index contributed by atoms with van der Waals surface area (Å²) in [6.45, 7) is 0. The van der Waals surface area contributed by atoms with Gasteiger partial charge in [-0.3, -0.25) is 9.00 Å². The van der Waals surface area contributed by atoms with E-state index < -0.39 is 16.8 Å². The van der Waals surface area contributed by atoms with Crippen molar-refractivity contribution in [2.45, 2.75) is 23.5 Å². The Labute approximate surface area is 189 Å². The van der Waals surface area contributed by atoms with Crippen molar-refractivity contribution in [2.75, 3.05) is 7.11 Å². The second-order valence-electron chi connectivity index (χ2n) is 7.62. The maximum absolute atomic E-state index is 13.4.